The second kappa shape index (κ2) is 5.70. The van der Waals surface area contributed by atoms with Gasteiger partial charge < -0.3 is 4.74 Å². The number of unbranched alkanes of at least 4 members (excludes halogenated alkanes) is 1. The van der Waals surface area contributed by atoms with Gasteiger partial charge in [-0.1, -0.05) is 37.7 Å². The highest BCUT2D eigenvalue weighted by molar-refractivity contribution is 7.79. The third kappa shape index (κ3) is 3.15. The highest BCUT2D eigenvalue weighted by atomic mass is 32.1. The van der Waals surface area contributed by atoms with Crippen LogP contribution in [0, 0.1) is 0 Å². The molecule has 0 saturated heterocycles. The van der Waals surface area contributed by atoms with Crippen molar-refractivity contribution in [2.75, 3.05) is 6.61 Å². The summed E-state index contributed by atoms with van der Waals surface area (Å²) in [7, 11) is 0. The van der Waals surface area contributed by atoms with Crippen LogP contribution in [0.3, 0.4) is 0 Å². The number of hydrogen-bond acceptors (Lipinski definition) is 2. The molecule has 2 heteroatoms. The first-order valence-corrected chi connectivity index (χ1v) is 4.89. The predicted molar refractivity (Wildman–Crippen MR) is 58.5 cm³/mol. The van der Waals surface area contributed by atoms with E-state index in [1.165, 1.54) is 0 Å². The molecule has 1 aromatic rings. The Hall–Kier alpha value is -0.890. The van der Waals surface area contributed by atoms with Gasteiger partial charge in [-0.25, -0.2) is 0 Å². The summed E-state index contributed by atoms with van der Waals surface area (Å²) in [5.74, 6) is 0.839. The minimum Gasteiger partial charge on any atom is -0.493 e. The Bertz CT molecular complexity index is 271. The van der Waals surface area contributed by atoms with Crippen LogP contribution in [0.2, 0.25) is 0 Å². The zero-order valence-electron chi connectivity index (χ0n) is 7.75. The number of thiocarbonyl (C=S) groups is 1. The van der Waals surface area contributed by atoms with Gasteiger partial charge in [-0.2, -0.15) is 0 Å². The molecule has 1 rings (SSSR count). The fourth-order valence-electron chi connectivity index (χ4n) is 1.00. The summed E-state index contributed by atoms with van der Waals surface area (Å²) in [5, 5.41) is 2.68. The molecule has 0 saturated carbocycles. The predicted octanol–water partition coefficient (Wildman–Crippen LogP) is 3.09. The van der Waals surface area contributed by atoms with Gasteiger partial charge in [-0.05, 0) is 18.6 Å². The van der Waals surface area contributed by atoms with Crippen molar-refractivity contribution in [2.24, 2.45) is 0 Å². The molecule has 0 aliphatic carbocycles. The van der Waals surface area contributed by atoms with Crippen molar-refractivity contribution < 1.29 is 4.74 Å². The van der Waals surface area contributed by atoms with Gasteiger partial charge in [-0.15, -0.1) is 0 Å². The fourth-order valence-corrected chi connectivity index (χ4v) is 1.17. The van der Waals surface area contributed by atoms with Crippen molar-refractivity contribution in [1.29, 1.82) is 0 Å². The molecule has 0 aromatic heterocycles. The zero-order chi connectivity index (χ0) is 9.52. The molecule has 0 N–H and O–H groups in total. The van der Waals surface area contributed by atoms with Gasteiger partial charge in [0.2, 0.25) is 0 Å². The van der Waals surface area contributed by atoms with Crippen molar-refractivity contribution in [2.45, 2.75) is 19.8 Å². The number of ether oxygens (including phenoxy) is 1. The number of benzene rings is 1. The summed E-state index contributed by atoms with van der Waals surface area (Å²) in [6.45, 7) is 2.89. The molecule has 0 fully saturated rings. The summed E-state index contributed by atoms with van der Waals surface area (Å²) in [4.78, 5) is 0. The largest absolute Gasteiger partial charge is 0.493 e. The van der Waals surface area contributed by atoms with Crippen LogP contribution in [0.1, 0.15) is 25.3 Å². The third-order valence-electron chi connectivity index (χ3n) is 1.75. The lowest BCUT2D eigenvalue weighted by Crippen LogP contribution is -1.98. The lowest BCUT2D eigenvalue weighted by atomic mass is 10.2. The van der Waals surface area contributed by atoms with Crippen LogP contribution in [-0.4, -0.2) is 12.0 Å². The van der Waals surface area contributed by atoms with E-state index in [4.69, 9.17) is 17.0 Å². The summed E-state index contributed by atoms with van der Waals surface area (Å²) in [5.41, 5.74) is 0.869. The molecule has 0 bridgehead atoms. The van der Waals surface area contributed by atoms with E-state index >= 15 is 0 Å². The summed E-state index contributed by atoms with van der Waals surface area (Å²) in [6, 6.07) is 7.71. The summed E-state index contributed by atoms with van der Waals surface area (Å²) < 4.78 is 5.54. The van der Waals surface area contributed by atoms with E-state index < -0.39 is 0 Å². The van der Waals surface area contributed by atoms with Crippen LogP contribution >= 0.6 is 12.2 Å². The molecule has 69 valence electrons. The van der Waals surface area contributed by atoms with E-state index in [1.54, 1.807) is 0 Å². The minimum absolute atomic E-state index is 0.754. The second-order valence-electron chi connectivity index (χ2n) is 2.80. The number of para-hydroxylation sites is 1. The second-order valence-corrected chi connectivity index (χ2v) is 3.00. The molecule has 0 aliphatic rings. The average Bonchev–Trinajstić information content (AvgIpc) is 2.19. The van der Waals surface area contributed by atoms with Gasteiger partial charge in [0.1, 0.15) is 5.75 Å². The highest BCUT2D eigenvalue weighted by Crippen LogP contribution is 2.16. The third-order valence-corrected chi connectivity index (χ3v) is 1.97. The van der Waals surface area contributed by atoms with Crippen LogP contribution in [0.4, 0.5) is 0 Å². The maximum absolute atomic E-state index is 5.54. The molecule has 0 unspecified atom stereocenters. The van der Waals surface area contributed by atoms with E-state index in [0.29, 0.717) is 0 Å². The maximum atomic E-state index is 5.54. The van der Waals surface area contributed by atoms with Gasteiger partial charge in [0.25, 0.3) is 0 Å². The highest BCUT2D eigenvalue weighted by Gasteiger charge is 1.98. The first-order chi connectivity index (χ1) is 6.38. The Morgan fingerprint density at radius 3 is 2.85 bits per heavy atom. The minimum atomic E-state index is 0.754. The summed E-state index contributed by atoms with van der Waals surface area (Å²) in [6.07, 6.45) is 2.22. The molecule has 0 amide bonds. The van der Waals surface area contributed by atoms with E-state index in [0.717, 1.165) is 30.8 Å². The van der Waals surface area contributed by atoms with Crippen molar-refractivity contribution in [3.8, 4) is 5.75 Å². The van der Waals surface area contributed by atoms with Crippen molar-refractivity contribution in [1.82, 2.24) is 0 Å². The molecule has 1 radical (unpaired) electrons. The van der Waals surface area contributed by atoms with Gasteiger partial charge in [-0.3, -0.25) is 0 Å². The molecule has 0 atom stereocenters. The van der Waals surface area contributed by atoms with Gasteiger partial charge in [0, 0.05) is 5.56 Å². The van der Waals surface area contributed by atoms with E-state index in [2.05, 4.69) is 12.3 Å². The molecular formula is C11H13OS. The van der Waals surface area contributed by atoms with E-state index in [1.807, 2.05) is 24.3 Å². The molecule has 0 spiro atoms. The Balaban J connectivity index is 2.59. The molecule has 1 aromatic carbocycles. The van der Waals surface area contributed by atoms with Crippen LogP contribution in [0.5, 0.6) is 5.75 Å². The quantitative estimate of drug-likeness (QED) is 0.525. The number of hydrogen-bond donors (Lipinski definition) is 0. The van der Waals surface area contributed by atoms with Crippen molar-refractivity contribution in [3.63, 3.8) is 0 Å². The van der Waals surface area contributed by atoms with Crippen LogP contribution in [0.15, 0.2) is 24.3 Å². The maximum Gasteiger partial charge on any atom is 0.128 e. The van der Waals surface area contributed by atoms with Crippen LogP contribution < -0.4 is 4.74 Å². The monoisotopic (exact) mass is 193 g/mol. The lowest BCUT2D eigenvalue weighted by Gasteiger charge is -2.06. The zero-order valence-corrected chi connectivity index (χ0v) is 8.56. The first kappa shape index (κ1) is 10.2. The molecular weight excluding hydrogens is 180 g/mol. The van der Waals surface area contributed by atoms with Crippen molar-refractivity contribution in [3.05, 3.63) is 29.8 Å². The fraction of sp³-hybridized carbons (Fsp3) is 0.364. The van der Waals surface area contributed by atoms with Crippen molar-refractivity contribution >= 4 is 17.6 Å². The van der Waals surface area contributed by atoms with Crippen LogP contribution in [-0.2, 0) is 0 Å². The Labute approximate surface area is 84.7 Å². The summed E-state index contributed by atoms with van der Waals surface area (Å²) >= 11 is 4.75. The standard InChI is InChI=1S/C11H13OS/c1-2-3-8-12-11-7-5-4-6-10(11)9-13/h4-7H,2-3,8H2,1H3. The molecule has 0 aliphatic heterocycles. The average molecular weight is 193 g/mol. The van der Waals surface area contributed by atoms with Gasteiger partial charge in [0.05, 0.1) is 12.0 Å². The Morgan fingerprint density at radius 1 is 1.38 bits per heavy atom. The Morgan fingerprint density at radius 2 is 2.15 bits per heavy atom. The topological polar surface area (TPSA) is 9.23 Å². The smallest absolute Gasteiger partial charge is 0.128 e. The van der Waals surface area contributed by atoms with Gasteiger partial charge in [0.15, 0.2) is 0 Å². The lowest BCUT2D eigenvalue weighted by molar-refractivity contribution is 0.309. The SMILES string of the molecule is CCCCOc1ccccc1[C]=S. The van der Waals surface area contributed by atoms with Gasteiger partial charge >= 0.3 is 0 Å². The van der Waals surface area contributed by atoms with E-state index in [9.17, 15) is 0 Å². The Kier molecular flexibility index (Phi) is 4.47. The normalized spacial score (nSPS) is 9.62. The molecule has 1 nitrogen and oxygen atoms in total. The molecule has 13 heavy (non-hydrogen) atoms. The molecule has 0 heterocycles. The first-order valence-electron chi connectivity index (χ1n) is 4.48. The van der Waals surface area contributed by atoms with E-state index in [-0.39, 0.29) is 0 Å². The van der Waals surface area contributed by atoms with Crippen LogP contribution in [0.25, 0.3) is 0 Å². The number of rotatable bonds is 5.